The van der Waals surface area contributed by atoms with Crippen molar-refractivity contribution in [1.82, 2.24) is 5.48 Å². The minimum absolute atomic E-state index is 0.508. The predicted octanol–water partition coefficient (Wildman–Crippen LogP) is -0.274. The van der Waals surface area contributed by atoms with Gasteiger partial charge in [-0.2, -0.15) is 0 Å². The van der Waals surface area contributed by atoms with Crippen LogP contribution in [-0.2, 0) is 9.63 Å². The van der Waals surface area contributed by atoms with Crippen molar-refractivity contribution in [3.63, 3.8) is 0 Å². The van der Waals surface area contributed by atoms with Crippen LogP contribution < -0.4 is 5.48 Å². The Hall–Kier alpha value is -0.410. The van der Waals surface area contributed by atoms with E-state index in [0.717, 1.165) is 6.29 Å². The maximum atomic E-state index is 9.58. The molecule has 3 nitrogen and oxygen atoms in total. The normalized spacial score (nSPS) is 8.71. The number of rotatable bonds is 4. The maximum Gasteiger partial charge on any atom is 0.121 e. The molecule has 0 amide bonds. The van der Waals surface area contributed by atoms with Crippen molar-refractivity contribution < 1.29 is 9.63 Å². The van der Waals surface area contributed by atoms with Crippen LogP contribution in [0.15, 0.2) is 0 Å². The summed E-state index contributed by atoms with van der Waals surface area (Å²) in [5, 5.41) is 0. The van der Waals surface area contributed by atoms with Crippen LogP contribution >= 0.6 is 0 Å². The number of nitrogens with one attached hydrogen (secondary N) is 1. The molecule has 0 aromatic carbocycles. The Balaban J connectivity index is 2.56. The minimum atomic E-state index is 0.508. The second-order valence-corrected chi connectivity index (χ2v) is 1.05. The minimum Gasteiger partial charge on any atom is -0.305 e. The average Bonchev–Trinajstić information content (AvgIpc) is 1.69. The van der Waals surface area contributed by atoms with Crippen LogP contribution in [0.2, 0.25) is 0 Å². The summed E-state index contributed by atoms with van der Waals surface area (Å²) in [4.78, 5) is 14.0. The second-order valence-electron chi connectivity index (χ2n) is 1.05. The highest BCUT2D eigenvalue weighted by atomic mass is 16.6. The van der Waals surface area contributed by atoms with Gasteiger partial charge in [-0.25, -0.2) is 5.48 Å². The van der Waals surface area contributed by atoms with Crippen LogP contribution in [0.3, 0.4) is 0 Å². The van der Waals surface area contributed by atoms with Gasteiger partial charge in [-0.1, -0.05) is 0 Å². The highest BCUT2D eigenvalue weighted by molar-refractivity contribution is 5.49. The highest BCUT2D eigenvalue weighted by Crippen LogP contribution is 1.63. The van der Waals surface area contributed by atoms with Crippen LogP contribution in [-0.4, -0.2) is 19.9 Å². The topological polar surface area (TPSA) is 38.3 Å². The molecule has 3 heteroatoms. The van der Waals surface area contributed by atoms with Crippen molar-refractivity contribution in [1.29, 1.82) is 0 Å². The van der Waals surface area contributed by atoms with Crippen LogP contribution in [0, 0.1) is 0 Å². The quantitative estimate of drug-likeness (QED) is 0.302. The van der Waals surface area contributed by atoms with E-state index in [4.69, 9.17) is 0 Å². The third kappa shape index (κ3) is 5.59. The largest absolute Gasteiger partial charge is 0.305 e. The Morgan fingerprint density at radius 1 is 1.86 bits per heavy atom. The van der Waals surface area contributed by atoms with E-state index in [-0.39, 0.29) is 0 Å². The predicted molar refractivity (Wildman–Crippen MR) is 25.7 cm³/mol. The number of hydrogen-bond donors (Lipinski definition) is 1. The van der Waals surface area contributed by atoms with Gasteiger partial charge in [0.25, 0.3) is 0 Å². The summed E-state index contributed by atoms with van der Waals surface area (Å²) >= 11 is 0. The molecule has 42 valence electrons. The van der Waals surface area contributed by atoms with Crippen molar-refractivity contribution in [3.05, 3.63) is 0 Å². The molecule has 1 N–H and O–H groups in total. The summed E-state index contributed by atoms with van der Waals surface area (Å²) in [6.45, 7) is 0.597. The van der Waals surface area contributed by atoms with Gasteiger partial charge < -0.3 is 9.63 Å². The number of carbonyl (C=O) groups is 1. The molecule has 0 saturated heterocycles. The first-order valence-electron chi connectivity index (χ1n) is 2.11. The number of carbonyl (C=O) groups excluding carboxylic acids is 1. The van der Waals surface area contributed by atoms with Crippen molar-refractivity contribution in [3.8, 4) is 0 Å². The molecule has 0 spiro atoms. The van der Waals surface area contributed by atoms with E-state index in [1.807, 2.05) is 0 Å². The zero-order chi connectivity index (χ0) is 5.54. The molecule has 0 bridgehead atoms. The molecule has 0 heterocycles. The third-order valence-electron chi connectivity index (χ3n) is 0.509. The molecule has 0 aliphatic heterocycles. The summed E-state index contributed by atoms with van der Waals surface area (Å²) in [6.07, 6.45) is 1.35. The molecule has 0 saturated carbocycles. The highest BCUT2D eigenvalue weighted by Gasteiger charge is 1.77. The molecular formula is C4H9NO2. The van der Waals surface area contributed by atoms with Crippen LogP contribution in [0.4, 0.5) is 0 Å². The van der Waals surface area contributed by atoms with Crippen LogP contribution in [0.25, 0.3) is 0 Å². The van der Waals surface area contributed by atoms with Gasteiger partial charge in [-0.05, 0) is 0 Å². The Morgan fingerprint density at radius 3 is 3.00 bits per heavy atom. The van der Waals surface area contributed by atoms with Crippen LogP contribution in [0.5, 0.6) is 0 Å². The lowest BCUT2D eigenvalue weighted by Gasteiger charge is -1.92. The Labute approximate surface area is 42.6 Å². The fourth-order valence-corrected chi connectivity index (χ4v) is 0.220. The molecule has 0 aromatic heterocycles. The van der Waals surface area contributed by atoms with E-state index in [1.165, 1.54) is 7.11 Å². The molecule has 0 aliphatic rings. The first kappa shape index (κ1) is 6.59. The number of hydrogen-bond acceptors (Lipinski definition) is 3. The van der Waals surface area contributed by atoms with Crippen LogP contribution in [0.1, 0.15) is 6.42 Å². The molecule has 0 fully saturated rings. The van der Waals surface area contributed by atoms with Gasteiger partial charge in [0.2, 0.25) is 0 Å². The lowest BCUT2D eigenvalue weighted by Crippen LogP contribution is -2.12. The smallest absolute Gasteiger partial charge is 0.121 e. The fraction of sp³-hybridized carbons (Fsp3) is 0.750. The molecule has 0 aliphatic carbocycles. The van der Waals surface area contributed by atoms with Gasteiger partial charge in [-0.3, -0.25) is 0 Å². The molecule has 0 radical (unpaired) electrons. The first-order valence-corrected chi connectivity index (χ1v) is 2.11. The Kier molecular flexibility index (Phi) is 5.26. The fourth-order valence-electron chi connectivity index (χ4n) is 0.220. The van der Waals surface area contributed by atoms with Crippen molar-refractivity contribution in [2.24, 2.45) is 0 Å². The summed E-state index contributed by atoms with van der Waals surface area (Å²) in [5.41, 5.74) is 2.52. The third-order valence-corrected chi connectivity index (χ3v) is 0.509. The maximum absolute atomic E-state index is 9.58. The summed E-state index contributed by atoms with van der Waals surface area (Å²) in [6, 6.07) is 0. The second kappa shape index (κ2) is 5.59. The Morgan fingerprint density at radius 2 is 2.57 bits per heavy atom. The zero-order valence-corrected chi connectivity index (χ0v) is 4.31. The first-order chi connectivity index (χ1) is 3.41. The number of hydroxylamine groups is 1. The monoisotopic (exact) mass is 103 g/mol. The van der Waals surface area contributed by atoms with E-state index < -0.39 is 0 Å². The summed E-state index contributed by atoms with van der Waals surface area (Å²) < 4.78 is 0. The van der Waals surface area contributed by atoms with E-state index in [0.29, 0.717) is 13.0 Å². The van der Waals surface area contributed by atoms with Gasteiger partial charge in [0.15, 0.2) is 0 Å². The molecule has 0 unspecified atom stereocenters. The summed E-state index contributed by atoms with van der Waals surface area (Å²) in [7, 11) is 1.52. The number of aldehydes is 1. The van der Waals surface area contributed by atoms with E-state index in [9.17, 15) is 4.79 Å². The molecule has 0 aromatic rings. The standard InChI is InChI=1S/C4H9NO2/c1-7-5-3-2-4-6/h4-5H,2-3H2,1H3. The van der Waals surface area contributed by atoms with E-state index in [2.05, 4.69) is 10.3 Å². The zero-order valence-electron chi connectivity index (χ0n) is 4.31. The van der Waals surface area contributed by atoms with E-state index in [1.54, 1.807) is 0 Å². The van der Waals surface area contributed by atoms with Gasteiger partial charge >= 0.3 is 0 Å². The lowest BCUT2D eigenvalue weighted by molar-refractivity contribution is -0.108. The van der Waals surface area contributed by atoms with Gasteiger partial charge in [0, 0.05) is 13.0 Å². The molecule has 0 rings (SSSR count). The Bertz CT molecular complexity index is 47.0. The molecule has 0 atom stereocenters. The van der Waals surface area contributed by atoms with Crippen molar-refractivity contribution in [2.75, 3.05) is 13.7 Å². The van der Waals surface area contributed by atoms with Crippen molar-refractivity contribution in [2.45, 2.75) is 6.42 Å². The van der Waals surface area contributed by atoms with Gasteiger partial charge in [-0.15, -0.1) is 0 Å². The van der Waals surface area contributed by atoms with E-state index >= 15 is 0 Å². The molecular weight excluding hydrogens is 94.0 g/mol. The SMILES string of the molecule is CONCCC=O. The van der Waals surface area contributed by atoms with Crippen molar-refractivity contribution >= 4 is 6.29 Å². The van der Waals surface area contributed by atoms with Gasteiger partial charge in [0.1, 0.15) is 6.29 Å². The van der Waals surface area contributed by atoms with Gasteiger partial charge in [0.05, 0.1) is 7.11 Å². The lowest BCUT2D eigenvalue weighted by atomic mass is 10.5. The molecule has 7 heavy (non-hydrogen) atoms. The summed E-state index contributed by atoms with van der Waals surface area (Å²) in [5.74, 6) is 0. The average molecular weight is 103 g/mol.